The molecule has 1 aromatic heterocycles. The minimum atomic E-state index is -0.335. The summed E-state index contributed by atoms with van der Waals surface area (Å²) in [5, 5.41) is 7.17. The monoisotopic (exact) mass is 344 g/mol. The lowest BCUT2D eigenvalue weighted by molar-refractivity contribution is -0.124. The number of nitrogens with zero attached hydrogens (tertiary/aromatic N) is 2. The molecule has 124 valence electrons. The molecular weight excluding hydrogens is 328 g/mol. The van der Waals surface area contributed by atoms with Gasteiger partial charge >= 0.3 is 0 Å². The molecule has 0 saturated carbocycles. The number of hydrogen-bond donors (Lipinski definition) is 2. The van der Waals surface area contributed by atoms with E-state index in [2.05, 4.69) is 20.8 Å². The van der Waals surface area contributed by atoms with Crippen molar-refractivity contribution in [2.24, 2.45) is 5.10 Å². The number of amides is 2. The van der Waals surface area contributed by atoms with Crippen molar-refractivity contribution in [2.45, 2.75) is 19.8 Å². The molecule has 0 aliphatic carbocycles. The van der Waals surface area contributed by atoms with Gasteiger partial charge in [-0.25, -0.2) is 5.43 Å². The number of carbonyl (C=O) groups excluding carboxylic acids is 2. The molecule has 0 aliphatic heterocycles. The summed E-state index contributed by atoms with van der Waals surface area (Å²) in [7, 11) is 0. The lowest BCUT2D eigenvalue weighted by atomic mass is 10.2. The van der Waals surface area contributed by atoms with Crippen LogP contribution in [0.1, 0.15) is 24.0 Å². The summed E-state index contributed by atoms with van der Waals surface area (Å²) in [6.45, 7) is 1.85. The Morgan fingerprint density at radius 3 is 2.75 bits per heavy atom. The van der Waals surface area contributed by atoms with Gasteiger partial charge in [-0.15, -0.1) is 0 Å². The van der Waals surface area contributed by atoms with Crippen molar-refractivity contribution >= 4 is 35.3 Å². The SMILES string of the molecule is Cc1cc(Cl)ccc1NC(=O)CCC(=O)N/N=C\c1cccnc1. The van der Waals surface area contributed by atoms with Gasteiger partial charge in [-0.3, -0.25) is 14.6 Å². The molecular formula is C17H17ClN4O2. The first-order valence-corrected chi connectivity index (χ1v) is 7.70. The zero-order chi connectivity index (χ0) is 17.4. The highest BCUT2D eigenvalue weighted by atomic mass is 35.5. The molecule has 7 heteroatoms. The Morgan fingerprint density at radius 2 is 2.04 bits per heavy atom. The van der Waals surface area contributed by atoms with Crippen molar-refractivity contribution in [2.75, 3.05) is 5.32 Å². The number of hydrogen-bond acceptors (Lipinski definition) is 4. The molecule has 2 amide bonds. The van der Waals surface area contributed by atoms with Crippen LogP contribution >= 0.6 is 11.6 Å². The number of aryl methyl sites for hydroxylation is 1. The van der Waals surface area contributed by atoms with Crippen molar-refractivity contribution in [1.82, 2.24) is 10.4 Å². The first-order chi connectivity index (χ1) is 11.5. The van der Waals surface area contributed by atoms with Gasteiger partial charge in [-0.1, -0.05) is 17.7 Å². The zero-order valence-corrected chi connectivity index (χ0v) is 13.9. The van der Waals surface area contributed by atoms with Gasteiger partial charge in [0.15, 0.2) is 0 Å². The van der Waals surface area contributed by atoms with Gasteiger partial charge in [0.05, 0.1) is 6.21 Å². The Bertz CT molecular complexity index is 748. The second kappa shape index (κ2) is 8.79. The summed E-state index contributed by atoms with van der Waals surface area (Å²) in [6.07, 6.45) is 4.87. The minimum Gasteiger partial charge on any atom is -0.326 e. The number of anilines is 1. The first kappa shape index (κ1) is 17.6. The summed E-state index contributed by atoms with van der Waals surface area (Å²) in [5.74, 6) is -0.579. The normalized spacial score (nSPS) is 10.6. The third kappa shape index (κ3) is 5.81. The molecule has 0 atom stereocenters. The van der Waals surface area contributed by atoms with Crippen LogP contribution in [0.25, 0.3) is 0 Å². The fraction of sp³-hybridized carbons (Fsp3) is 0.176. The van der Waals surface area contributed by atoms with Crippen molar-refractivity contribution in [3.63, 3.8) is 0 Å². The minimum absolute atomic E-state index is 0.0445. The topological polar surface area (TPSA) is 83.5 Å². The second-order valence-electron chi connectivity index (χ2n) is 5.09. The van der Waals surface area contributed by atoms with Gasteiger partial charge in [0, 0.05) is 41.5 Å². The van der Waals surface area contributed by atoms with E-state index < -0.39 is 0 Å². The van der Waals surface area contributed by atoms with Crippen LogP contribution in [-0.4, -0.2) is 23.0 Å². The van der Waals surface area contributed by atoms with Crippen molar-refractivity contribution in [3.8, 4) is 0 Å². The van der Waals surface area contributed by atoms with Crippen LogP contribution in [0.4, 0.5) is 5.69 Å². The maximum atomic E-state index is 11.9. The Balaban J connectivity index is 1.75. The van der Waals surface area contributed by atoms with Gasteiger partial charge in [-0.05, 0) is 36.8 Å². The van der Waals surface area contributed by atoms with Crippen LogP contribution in [0.15, 0.2) is 47.8 Å². The molecule has 2 aromatic rings. The summed E-state index contributed by atoms with van der Waals surface area (Å²) >= 11 is 5.87. The van der Waals surface area contributed by atoms with E-state index in [4.69, 9.17) is 11.6 Å². The van der Waals surface area contributed by atoms with E-state index in [0.717, 1.165) is 11.1 Å². The summed E-state index contributed by atoms with van der Waals surface area (Å²) in [5.41, 5.74) is 4.69. The molecule has 2 N–H and O–H groups in total. The summed E-state index contributed by atoms with van der Waals surface area (Å²) < 4.78 is 0. The van der Waals surface area contributed by atoms with E-state index in [1.807, 2.05) is 13.0 Å². The largest absolute Gasteiger partial charge is 0.326 e. The lowest BCUT2D eigenvalue weighted by Gasteiger charge is -2.08. The van der Waals surface area contributed by atoms with Crippen LogP contribution in [0, 0.1) is 6.92 Å². The standard InChI is InChI=1S/C17H17ClN4O2/c1-12-9-14(18)4-5-15(12)21-16(23)6-7-17(24)22-20-11-13-3-2-8-19-10-13/h2-5,8-11H,6-7H2,1H3,(H,21,23)(H,22,24)/b20-11-. The predicted octanol–water partition coefficient (Wildman–Crippen LogP) is 2.91. The van der Waals surface area contributed by atoms with Gasteiger partial charge in [0.1, 0.15) is 0 Å². The number of aromatic nitrogens is 1. The molecule has 0 radical (unpaired) electrons. The maximum absolute atomic E-state index is 11.9. The van der Waals surface area contributed by atoms with Crippen LogP contribution < -0.4 is 10.7 Å². The van der Waals surface area contributed by atoms with E-state index in [0.29, 0.717) is 10.7 Å². The molecule has 0 fully saturated rings. The van der Waals surface area contributed by atoms with E-state index in [1.165, 1.54) is 6.21 Å². The van der Waals surface area contributed by atoms with E-state index in [-0.39, 0.29) is 24.7 Å². The number of hydrazone groups is 1. The summed E-state index contributed by atoms with van der Waals surface area (Å²) in [6, 6.07) is 8.77. The maximum Gasteiger partial charge on any atom is 0.240 e. The van der Waals surface area contributed by atoms with Crippen LogP contribution in [0.3, 0.4) is 0 Å². The van der Waals surface area contributed by atoms with Crippen LogP contribution in [0.5, 0.6) is 0 Å². The van der Waals surface area contributed by atoms with Crippen molar-refractivity contribution < 1.29 is 9.59 Å². The molecule has 1 aromatic carbocycles. The molecule has 0 spiro atoms. The molecule has 6 nitrogen and oxygen atoms in total. The first-order valence-electron chi connectivity index (χ1n) is 7.32. The van der Waals surface area contributed by atoms with Crippen LogP contribution in [-0.2, 0) is 9.59 Å². The highest BCUT2D eigenvalue weighted by Gasteiger charge is 2.08. The van der Waals surface area contributed by atoms with Gasteiger partial charge < -0.3 is 5.32 Å². The molecule has 24 heavy (non-hydrogen) atoms. The quantitative estimate of drug-likeness (QED) is 0.624. The Hall–Kier alpha value is -2.73. The Kier molecular flexibility index (Phi) is 6.45. The van der Waals surface area contributed by atoms with Crippen molar-refractivity contribution in [3.05, 3.63) is 58.9 Å². The summed E-state index contributed by atoms with van der Waals surface area (Å²) in [4.78, 5) is 27.5. The molecule has 0 bridgehead atoms. The molecule has 0 aliphatic rings. The van der Waals surface area contributed by atoms with Gasteiger partial charge in [0.25, 0.3) is 0 Å². The number of pyridine rings is 1. The molecule has 0 unspecified atom stereocenters. The smallest absolute Gasteiger partial charge is 0.240 e. The number of carbonyl (C=O) groups is 2. The van der Waals surface area contributed by atoms with Crippen molar-refractivity contribution in [1.29, 1.82) is 0 Å². The number of halogens is 1. The fourth-order valence-corrected chi connectivity index (χ4v) is 2.12. The zero-order valence-electron chi connectivity index (χ0n) is 13.1. The Morgan fingerprint density at radius 1 is 1.25 bits per heavy atom. The van der Waals surface area contributed by atoms with E-state index in [9.17, 15) is 9.59 Å². The highest BCUT2D eigenvalue weighted by Crippen LogP contribution is 2.19. The lowest BCUT2D eigenvalue weighted by Crippen LogP contribution is -2.20. The van der Waals surface area contributed by atoms with Gasteiger partial charge in [-0.2, -0.15) is 5.10 Å². The fourth-order valence-electron chi connectivity index (χ4n) is 1.89. The second-order valence-corrected chi connectivity index (χ2v) is 5.52. The number of rotatable bonds is 6. The van der Waals surface area contributed by atoms with Crippen LogP contribution in [0.2, 0.25) is 5.02 Å². The Labute approximate surface area is 144 Å². The third-order valence-electron chi connectivity index (χ3n) is 3.13. The number of benzene rings is 1. The van der Waals surface area contributed by atoms with Gasteiger partial charge in [0.2, 0.25) is 11.8 Å². The molecule has 0 saturated heterocycles. The molecule has 1 heterocycles. The third-order valence-corrected chi connectivity index (χ3v) is 3.36. The average molecular weight is 345 g/mol. The average Bonchev–Trinajstić information content (AvgIpc) is 2.56. The van der Waals surface area contributed by atoms with E-state index in [1.54, 1.807) is 36.7 Å². The predicted molar refractivity (Wildman–Crippen MR) is 94.0 cm³/mol. The van der Waals surface area contributed by atoms with E-state index >= 15 is 0 Å². The molecule has 2 rings (SSSR count). The number of nitrogens with one attached hydrogen (secondary N) is 2. The highest BCUT2D eigenvalue weighted by molar-refractivity contribution is 6.30.